The molecule has 0 aliphatic rings. The average molecular weight is 891 g/mol. The molecule has 0 bridgehead atoms. The van der Waals surface area contributed by atoms with E-state index in [0.717, 1.165) is 103 Å². The Morgan fingerprint density at radius 1 is 0.328 bits per heavy atom. The monoisotopic (exact) mass is 891 g/mol. The molecule has 0 rings (SSSR count). The summed E-state index contributed by atoms with van der Waals surface area (Å²) < 4.78 is 16.8. The van der Waals surface area contributed by atoms with E-state index in [0.29, 0.717) is 19.3 Å². The maximum absolute atomic E-state index is 12.8. The van der Waals surface area contributed by atoms with Crippen LogP contribution in [0.2, 0.25) is 0 Å². The molecule has 0 amide bonds. The summed E-state index contributed by atoms with van der Waals surface area (Å²) in [4.78, 5) is 38.0. The molecule has 0 aliphatic heterocycles. The zero-order valence-electron chi connectivity index (χ0n) is 41.8. The number of unbranched alkanes of at least 4 members (excludes halogenated alkanes) is 22. The van der Waals surface area contributed by atoms with Crippen LogP contribution in [0.4, 0.5) is 0 Å². The van der Waals surface area contributed by atoms with Gasteiger partial charge in [-0.15, -0.1) is 0 Å². The first-order valence-corrected chi connectivity index (χ1v) is 26.6. The summed E-state index contributed by atoms with van der Waals surface area (Å²) in [6.45, 7) is 6.45. The lowest BCUT2D eigenvalue weighted by molar-refractivity contribution is -0.167. The van der Waals surface area contributed by atoms with E-state index >= 15 is 0 Å². The van der Waals surface area contributed by atoms with Crippen molar-refractivity contribution in [3.05, 3.63) is 85.1 Å². The minimum atomic E-state index is -0.795. The van der Waals surface area contributed by atoms with Crippen molar-refractivity contribution in [3.63, 3.8) is 0 Å². The maximum Gasteiger partial charge on any atom is 0.306 e. The van der Waals surface area contributed by atoms with Crippen molar-refractivity contribution in [2.24, 2.45) is 0 Å². The van der Waals surface area contributed by atoms with Gasteiger partial charge in [-0.1, -0.05) is 215 Å². The first-order valence-electron chi connectivity index (χ1n) is 26.6. The molecular formula is C58H98O6. The van der Waals surface area contributed by atoms with E-state index in [4.69, 9.17) is 14.2 Å². The molecule has 0 fully saturated rings. The Morgan fingerprint density at radius 2 is 0.609 bits per heavy atom. The molecule has 1 unspecified atom stereocenters. The lowest BCUT2D eigenvalue weighted by Crippen LogP contribution is -2.30. The van der Waals surface area contributed by atoms with Gasteiger partial charge in [0.15, 0.2) is 6.10 Å². The molecule has 6 nitrogen and oxygen atoms in total. The number of ether oxygens (including phenoxy) is 3. The minimum absolute atomic E-state index is 0.0935. The normalized spacial score (nSPS) is 12.7. The van der Waals surface area contributed by atoms with E-state index in [9.17, 15) is 14.4 Å². The summed E-state index contributed by atoms with van der Waals surface area (Å²) >= 11 is 0. The third-order valence-electron chi connectivity index (χ3n) is 11.1. The molecule has 6 heteroatoms. The lowest BCUT2D eigenvalue weighted by atomic mass is 10.0. The molecule has 0 aromatic heterocycles. The SMILES string of the molecule is CC/C=C\C/C=C\C/C=C\C/C=C\C/C=C\C/C=C\CCCCC(=O)OCC(COC(=O)CCCCCCC/C=C\CCCCC)OC(=O)CCCCCCCCCCCCCCC. The molecule has 0 heterocycles. The van der Waals surface area contributed by atoms with E-state index < -0.39 is 6.10 Å². The molecule has 64 heavy (non-hydrogen) atoms. The van der Waals surface area contributed by atoms with Gasteiger partial charge in [-0.25, -0.2) is 0 Å². The average Bonchev–Trinajstić information content (AvgIpc) is 3.29. The zero-order valence-corrected chi connectivity index (χ0v) is 41.8. The number of carbonyl (C=O) groups excluding carboxylic acids is 3. The van der Waals surface area contributed by atoms with Crippen LogP contribution >= 0.6 is 0 Å². The highest BCUT2D eigenvalue weighted by atomic mass is 16.6. The van der Waals surface area contributed by atoms with Crippen molar-refractivity contribution >= 4 is 17.9 Å². The van der Waals surface area contributed by atoms with Crippen LogP contribution in [-0.4, -0.2) is 37.2 Å². The van der Waals surface area contributed by atoms with Gasteiger partial charge in [0.2, 0.25) is 0 Å². The van der Waals surface area contributed by atoms with Crippen molar-refractivity contribution in [2.45, 2.75) is 252 Å². The van der Waals surface area contributed by atoms with Gasteiger partial charge in [0, 0.05) is 19.3 Å². The summed E-state index contributed by atoms with van der Waals surface area (Å²) in [7, 11) is 0. The largest absolute Gasteiger partial charge is 0.462 e. The third kappa shape index (κ3) is 49.6. The number of hydrogen-bond acceptors (Lipinski definition) is 6. The molecule has 0 aliphatic carbocycles. The second-order valence-corrected chi connectivity index (χ2v) is 17.4. The Labute approximate surface area is 395 Å². The number of esters is 3. The number of carbonyl (C=O) groups is 3. The van der Waals surface area contributed by atoms with Crippen LogP contribution in [0.15, 0.2) is 85.1 Å². The number of allylic oxidation sites excluding steroid dienone is 14. The summed E-state index contributed by atoms with van der Waals surface area (Å²) in [5.41, 5.74) is 0. The summed E-state index contributed by atoms with van der Waals surface area (Å²) in [6, 6.07) is 0. The molecule has 1 atom stereocenters. The first-order chi connectivity index (χ1) is 31.5. The summed E-state index contributed by atoms with van der Waals surface area (Å²) in [5, 5.41) is 0. The minimum Gasteiger partial charge on any atom is -0.462 e. The molecule has 0 saturated heterocycles. The molecule has 0 saturated carbocycles. The van der Waals surface area contributed by atoms with Gasteiger partial charge < -0.3 is 14.2 Å². The molecular weight excluding hydrogens is 793 g/mol. The highest BCUT2D eigenvalue weighted by Gasteiger charge is 2.19. The summed E-state index contributed by atoms with van der Waals surface area (Å²) in [5.74, 6) is -0.945. The van der Waals surface area contributed by atoms with E-state index in [-0.39, 0.29) is 31.1 Å². The second-order valence-electron chi connectivity index (χ2n) is 17.4. The standard InChI is InChI=1S/C58H98O6/c1-4-7-10-13-16-19-22-25-26-27-28-29-30-31-32-34-36-39-42-45-48-51-57(60)63-54-55(53-62-56(59)50-47-44-41-38-35-24-21-18-15-12-9-6-3)64-58(61)52-49-46-43-40-37-33-23-20-17-14-11-8-5-2/h7,10,16,18-19,21,25-26,28-29,31-32,36,39,55H,4-6,8-9,11-15,17,20,22-24,27,30,33-35,37-38,40-54H2,1-3H3/b10-7-,19-16-,21-18-,26-25-,29-28-,32-31-,39-36-. The van der Waals surface area contributed by atoms with Crippen LogP contribution in [0.5, 0.6) is 0 Å². The lowest BCUT2D eigenvalue weighted by Gasteiger charge is -2.18. The molecule has 0 radical (unpaired) electrons. The fourth-order valence-electron chi connectivity index (χ4n) is 7.15. The van der Waals surface area contributed by atoms with Crippen molar-refractivity contribution < 1.29 is 28.6 Å². The van der Waals surface area contributed by atoms with Gasteiger partial charge in [0.1, 0.15) is 13.2 Å². The molecule has 366 valence electrons. The highest BCUT2D eigenvalue weighted by molar-refractivity contribution is 5.71. The predicted molar refractivity (Wildman–Crippen MR) is 274 cm³/mol. The predicted octanol–water partition coefficient (Wildman–Crippen LogP) is 17.6. The van der Waals surface area contributed by atoms with Gasteiger partial charge in [0.25, 0.3) is 0 Å². The third-order valence-corrected chi connectivity index (χ3v) is 11.1. The first kappa shape index (κ1) is 60.6. The molecule has 0 spiro atoms. The van der Waals surface area contributed by atoms with Crippen molar-refractivity contribution in [1.29, 1.82) is 0 Å². The Morgan fingerprint density at radius 3 is 1.03 bits per heavy atom. The highest BCUT2D eigenvalue weighted by Crippen LogP contribution is 2.15. The van der Waals surface area contributed by atoms with Crippen molar-refractivity contribution in [1.82, 2.24) is 0 Å². The van der Waals surface area contributed by atoms with E-state index in [1.165, 1.54) is 103 Å². The molecule has 0 N–H and O–H groups in total. The Bertz CT molecular complexity index is 1250. The smallest absolute Gasteiger partial charge is 0.306 e. The van der Waals surface area contributed by atoms with E-state index in [2.05, 4.69) is 106 Å². The summed E-state index contributed by atoms with van der Waals surface area (Å²) in [6.07, 6.45) is 67.1. The Hall–Kier alpha value is -3.41. The van der Waals surface area contributed by atoms with Crippen LogP contribution in [0.3, 0.4) is 0 Å². The maximum atomic E-state index is 12.8. The zero-order chi connectivity index (χ0) is 46.5. The van der Waals surface area contributed by atoms with Gasteiger partial charge in [-0.3, -0.25) is 14.4 Å². The van der Waals surface area contributed by atoms with E-state index in [1.54, 1.807) is 0 Å². The Kier molecular flexibility index (Phi) is 49.4. The van der Waals surface area contributed by atoms with Crippen LogP contribution in [0.25, 0.3) is 0 Å². The van der Waals surface area contributed by atoms with Crippen LogP contribution in [-0.2, 0) is 28.6 Å². The van der Waals surface area contributed by atoms with Gasteiger partial charge >= 0.3 is 17.9 Å². The fraction of sp³-hybridized carbons (Fsp3) is 0.707. The van der Waals surface area contributed by atoms with Gasteiger partial charge in [-0.2, -0.15) is 0 Å². The van der Waals surface area contributed by atoms with Crippen molar-refractivity contribution in [3.8, 4) is 0 Å². The van der Waals surface area contributed by atoms with Crippen molar-refractivity contribution in [2.75, 3.05) is 13.2 Å². The van der Waals surface area contributed by atoms with E-state index in [1.807, 2.05) is 0 Å². The van der Waals surface area contributed by atoms with Crippen LogP contribution < -0.4 is 0 Å². The molecule has 0 aromatic rings. The van der Waals surface area contributed by atoms with Crippen LogP contribution in [0, 0.1) is 0 Å². The molecule has 0 aromatic carbocycles. The topological polar surface area (TPSA) is 78.9 Å². The Balaban J connectivity index is 4.44. The number of hydrogen-bond donors (Lipinski definition) is 0. The second kappa shape index (κ2) is 52.2. The quantitative estimate of drug-likeness (QED) is 0.0262. The van der Waals surface area contributed by atoms with Crippen LogP contribution in [0.1, 0.15) is 245 Å². The fourth-order valence-corrected chi connectivity index (χ4v) is 7.15. The van der Waals surface area contributed by atoms with Gasteiger partial charge in [0.05, 0.1) is 0 Å². The number of rotatable bonds is 47. The van der Waals surface area contributed by atoms with Gasteiger partial charge in [-0.05, 0) is 96.3 Å².